The highest BCUT2D eigenvalue weighted by molar-refractivity contribution is 14.0. The summed E-state index contributed by atoms with van der Waals surface area (Å²) in [6.07, 6.45) is 10.6. The minimum Gasteiger partial charge on any atom is -0.444 e. The van der Waals surface area contributed by atoms with Crippen LogP contribution < -0.4 is 10.6 Å². The van der Waals surface area contributed by atoms with E-state index in [4.69, 9.17) is 14.1 Å². The van der Waals surface area contributed by atoms with Crippen molar-refractivity contribution in [3.8, 4) is 0 Å². The number of ether oxygens (including phenoxy) is 1. The predicted molar refractivity (Wildman–Crippen MR) is 141 cm³/mol. The number of aromatic nitrogens is 1. The van der Waals surface area contributed by atoms with Crippen molar-refractivity contribution in [2.24, 2.45) is 10.9 Å². The van der Waals surface area contributed by atoms with Gasteiger partial charge in [0, 0.05) is 19.6 Å². The molecule has 3 rings (SSSR count). The number of hydrogen-bond acceptors (Lipinski definition) is 5. The molecule has 0 aromatic carbocycles. The maximum Gasteiger partial charge on any atom is 0.208 e. The summed E-state index contributed by atoms with van der Waals surface area (Å²) >= 11 is 0. The number of nitrogens with one attached hydrogen (secondary N) is 2. The van der Waals surface area contributed by atoms with Gasteiger partial charge in [-0.1, -0.05) is 25.7 Å². The molecule has 0 bridgehead atoms. The Kier molecular flexibility index (Phi) is 12.9. The molecule has 7 nitrogen and oxygen atoms in total. The number of piperidine rings is 1. The van der Waals surface area contributed by atoms with Crippen molar-refractivity contribution in [1.82, 2.24) is 20.5 Å². The molecule has 0 amide bonds. The minimum atomic E-state index is 0. The zero-order valence-electron chi connectivity index (χ0n) is 20.3. The molecule has 8 heteroatoms. The van der Waals surface area contributed by atoms with Gasteiger partial charge in [0.2, 0.25) is 5.89 Å². The molecule has 1 aromatic heterocycles. The molecule has 1 saturated heterocycles. The van der Waals surface area contributed by atoms with Crippen LogP contribution in [0.15, 0.2) is 9.41 Å². The zero-order chi connectivity index (χ0) is 21.9. The molecule has 1 aliphatic carbocycles. The van der Waals surface area contributed by atoms with E-state index in [1.54, 1.807) is 0 Å². The molecule has 0 atom stereocenters. The lowest BCUT2D eigenvalue weighted by Gasteiger charge is -2.30. The fraction of sp³-hybridized carbons (Fsp3) is 0.833. The molecule has 184 valence electrons. The second kappa shape index (κ2) is 15.1. The molecule has 2 aliphatic rings. The number of guanidine groups is 1. The second-order valence-corrected chi connectivity index (χ2v) is 9.10. The molecular weight excluding hydrogens is 517 g/mol. The summed E-state index contributed by atoms with van der Waals surface area (Å²) in [6.45, 7) is 12.4. The molecule has 1 saturated carbocycles. The van der Waals surface area contributed by atoms with E-state index in [0.29, 0.717) is 12.0 Å². The standard InChI is InChI=1S/C24H43N5O2.HI/c1-4-25-24(26-13-16-30-22-9-7-5-6-8-10-22)27-17-21-11-14-29(15-12-21)18-23-28-19(2)20(3)31-23;/h21-22H,4-18H2,1-3H3,(H2,25,26,27);1H. The van der Waals surface area contributed by atoms with Gasteiger partial charge in [0.25, 0.3) is 0 Å². The molecule has 2 heterocycles. The highest BCUT2D eigenvalue weighted by atomic mass is 127. The molecule has 32 heavy (non-hydrogen) atoms. The summed E-state index contributed by atoms with van der Waals surface area (Å²) in [5, 5.41) is 6.82. The van der Waals surface area contributed by atoms with Crippen molar-refractivity contribution >= 4 is 29.9 Å². The molecule has 0 spiro atoms. The van der Waals surface area contributed by atoms with Crippen molar-refractivity contribution < 1.29 is 9.15 Å². The summed E-state index contributed by atoms with van der Waals surface area (Å²) in [5.74, 6) is 3.33. The summed E-state index contributed by atoms with van der Waals surface area (Å²) in [5.41, 5.74) is 1.00. The highest BCUT2D eigenvalue weighted by Crippen LogP contribution is 2.21. The van der Waals surface area contributed by atoms with Gasteiger partial charge in [-0.15, -0.1) is 24.0 Å². The maximum absolute atomic E-state index is 6.09. The van der Waals surface area contributed by atoms with Gasteiger partial charge < -0.3 is 19.8 Å². The van der Waals surface area contributed by atoms with Crippen LogP contribution in [-0.4, -0.2) is 61.3 Å². The van der Waals surface area contributed by atoms with Crippen LogP contribution >= 0.6 is 24.0 Å². The molecule has 2 fully saturated rings. The summed E-state index contributed by atoms with van der Waals surface area (Å²) < 4.78 is 11.8. The lowest BCUT2D eigenvalue weighted by Crippen LogP contribution is -2.40. The summed E-state index contributed by atoms with van der Waals surface area (Å²) in [4.78, 5) is 11.8. The smallest absolute Gasteiger partial charge is 0.208 e. The number of nitrogens with zero attached hydrogens (tertiary/aromatic N) is 3. The van der Waals surface area contributed by atoms with Gasteiger partial charge in [0.15, 0.2) is 5.96 Å². The van der Waals surface area contributed by atoms with E-state index in [2.05, 4.69) is 27.4 Å². The van der Waals surface area contributed by atoms with Crippen molar-refractivity contribution in [3.63, 3.8) is 0 Å². The number of oxazole rings is 1. The first kappa shape index (κ1) is 27.4. The van der Waals surface area contributed by atoms with Gasteiger partial charge in [-0.2, -0.15) is 0 Å². The maximum atomic E-state index is 6.09. The average Bonchev–Trinajstić information content (AvgIpc) is 2.95. The SMILES string of the molecule is CCNC(=NCC1CCN(Cc2nc(C)c(C)o2)CC1)NCCOC1CCCCCC1.I. The van der Waals surface area contributed by atoms with E-state index in [-0.39, 0.29) is 24.0 Å². The van der Waals surface area contributed by atoms with E-state index in [9.17, 15) is 0 Å². The van der Waals surface area contributed by atoms with Gasteiger partial charge in [-0.3, -0.25) is 9.89 Å². The monoisotopic (exact) mass is 561 g/mol. The van der Waals surface area contributed by atoms with Crippen LogP contribution in [0.3, 0.4) is 0 Å². The fourth-order valence-corrected chi connectivity index (χ4v) is 4.49. The van der Waals surface area contributed by atoms with Crippen molar-refractivity contribution in [2.45, 2.75) is 84.8 Å². The van der Waals surface area contributed by atoms with E-state index in [1.165, 1.54) is 51.4 Å². The Labute approximate surface area is 211 Å². The first-order valence-corrected chi connectivity index (χ1v) is 12.4. The van der Waals surface area contributed by atoms with E-state index in [1.807, 2.05) is 13.8 Å². The van der Waals surface area contributed by atoms with Crippen molar-refractivity contribution in [3.05, 3.63) is 17.3 Å². The Hall–Kier alpha value is -0.870. The lowest BCUT2D eigenvalue weighted by molar-refractivity contribution is 0.0468. The zero-order valence-corrected chi connectivity index (χ0v) is 22.7. The van der Waals surface area contributed by atoms with Gasteiger partial charge in [-0.05, 0) is 65.5 Å². The molecule has 1 aliphatic heterocycles. The van der Waals surface area contributed by atoms with E-state index < -0.39 is 0 Å². The first-order valence-electron chi connectivity index (χ1n) is 12.4. The largest absolute Gasteiger partial charge is 0.444 e. The Morgan fingerprint density at radius 3 is 2.44 bits per heavy atom. The van der Waals surface area contributed by atoms with Gasteiger partial charge >= 0.3 is 0 Å². The Morgan fingerprint density at radius 2 is 1.81 bits per heavy atom. The van der Waals surface area contributed by atoms with Crippen LogP contribution in [0, 0.1) is 19.8 Å². The highest BCUT2D eigenvalue weighted by Gasteiger charge is 2.21. The van der Waals surface area contributed by atoms with Crippen LogP contribution in [0.2, 0.25) is 0 Å². The Balaban J connectivity index is 0.00000363. The van der Waals surface area contributed by atoms with Gasteiger partial charge in [-0.25, -0.2) is 4.98 Å². The molecule has 1 aromatic rings. The number of rotatable bonds is 9. The molecule has 2 N–H and O–H groups in total. The normalized spacial score (nSPS) is 19.4. The topological polar surface area (TPSA) is 74.9 Å². The van der Waals surface area contributed by atoms with Crippen molar-refractivity contribution in [2.75, 3.05) is 39.3 Å². The first-order chi connectivity index (χ1) is 15.1. The number of halogens is 1. The van der Waals surface area contributed by atoms with Crippen LogP contribution in [0.1, 0.15) is 75.6 Å². The molecule has 0 unspecified atom stereocenters. The number of hydrogen-bond donors (Lipinski definition) is 2. The quantitative estimate of drug-likeness (QED) is 0.153. The minimum absolute atomic E-state index is 0. The molecule has 0 radical (unpaired) electrons. The van der Waals surface area contributed by atoms with Crippen LogP contribution in [0.4, 0.5) is 0 Å². The number of aryl methyl sites for hydroxylation is 2. The van der Waals surface area contributed by atoms with E-state index >= 15 is 0 Å². The summed E-state index contributed by atoms with van der Waals surface area (Å²) in [6, 6.07) is 0. The van der Waals surface area contributed by atoms with Crippen LogP contribution in [0.25, 0.3) is 0 Å². The third-order valence-corrected chi connectivity index (χ3v) is 6.54. The van der Waals surface area contributed by atoms with Gasteiger partial charge in [0.1, 0.15) is 5.76 Å². The van der Waals surface area contributed by atoms with Gasteiger partial charge in [0.05, 0.1) is 24.9 Å². The Bertz CT molecular complexity index is 646. The Morgan fingerprint density at radius 1 is 1.09 bits per heavy atom. The predicted octanol–water partition coefficient (Wildman–Crippen LogP) is 4.42. The second-order valence-electron chi connectivity index (χ2n) is 9.10. The summed E-state index contributed by atoms with van der Waals surface area (Å²) in [7, 11) is 0. The fourth-order valence-electron chi connectivity index (χ4n) is 4.49. The van der Waals surface area contributed by atoms with Crippen molar-refractivity contribution in [1.29, 1.82) is 0 Å². The van der Waals surface area contributed by atoms with E-state index in [0.717, 1.165) is 69.2 Å². The van der Waals surface area contributed by atoms with Crippen LogP contribution in [0.5, 0.6) is 0 Å². The van der Waals surface area contributed by atoms with Crippen LogP contribution in [-0.2, 0) is 11.3 Å². The third kappa shape index (κ3) is 9.55. The lowest BCUT2D eigenvalue weighted by atomic mass is 9.97. The third-order valence-electron chi connectivity index (χ3n) is 6.54. The average molecular weight is 562 g/mol. The molecular formula is C24H44IN5O2. The number of likely N-dealkylation sites (tertiary alicyclic amines) is 1. The number of aliphatic imine (C=N–C) groups is 1.